The van der Waals surface area contributed by atoms with Gasteiger partial charge in [-0.05, 0) is 55.5 Å². The largest absolute Gasteiger partial charge is 0.322 e. The predicted molar refractivity (Wildman–Crippen MR) is 112 cm³/mol. The van der Waals surface area contributed by atoms with Crippen molar-refractivity contribution in [2.75, 3.05) is 13.1 Å². The third-order valence-electron chi connectivity index (χ3n) is 6.61. The Morgan fingerprint density at radius 1 is 1.06 bits per heavy atom. The van der Waals surface area contributed by atoms with E-state index in [1.54, 1.807) is 17.3 Å². The normalized spacial score (nSPS) is 22.5. The first kappa shape index (κ1) is 19.8. The van der Waals surface area contributed by atoms with Gasteiger partial charge < -0.3 is 4.90 Å². The first-order chi connectivity index (χ1) is 15.1. The highest BCUT2D eigenvalue weighted by Crippen LogP contribution is 2.33. The number of nitrogens with zero attached hydrogens (tertiary/aromatic N) is 4. The topological polar surface area (TPSA) is 95.5 Å². The van der Waals surface area contributed by atoms with Gasteiger partial charge in [-0.15, -0.1) is 0 Å². The lowest BCUT2D eigenvalue weighted by Crippen LogP contribution is -2.52. The molecular weight excluding hydrogens is 394 g/mol. The second kappa shape index (κ2) is 8.19. The highest BCUT2D eigenvalue weighted by molar-refractivity contribution is 6.05. The van der Waals surface area contributed by atoms with Crippen LogP contribution < -0.4 is 5.32 Å². The van der Waals surface area contributed by atoms with Crippen molar-refractivity contribution in [2.45, 2.75) is 50.7 Å². The van der Waals surface area contributed by atoms with Gasteiger partial charge in [0.1, 0.15) is 6.04 Å². The van der Waals surface area contributed by atoms with E-state index in [0.717, 1.165) is 43.7 Å². The molecule has 160 valence electrons. The minimum Gasteiger partial charge on any atom is -0.322 e. The summed E-state index contributed by atoms with van der Waals surface area (Å²) in [6.45, 7) is 3.25. The van der Waals surface area contributed by atoms with E-state index in [9.17, 15) is 14.4 Å². The van der Waals surface area contributed by atoms with E-state index in [1.807, 2.05) is 12.3 Å². The van der Waals surface area contributed by atoms with Gasteiger partial charge in [0.2, 0.25) is 11.8 Å². The number of amides is 3. The van der Waals surface area contributed by atoms with E-state index in [-0.39, 0.29) is 24.1 Å². The van der Waals surface area contributed by atoms with Crippen LogP contribution in [0.15, 0.2) is 36.8 Å². The maximum Gasteiger partial charge on any atom is 0.255 e. The Morgan fingerprint density at radius 3 is 2.65 bits per heavy atom. The number of hydrogen-bond donors (Lipinski definition) is 1. The van der Waals surface area contributed by atoms with E-state index in [1.165, 1.54) is 5.56 Å². The Balaban J connectivity index is 1.24. The third-order valence-corrected chi connectivity index (χ3v) is 6.61. The van der Waals surface area contributed by atoms with Crippen LogP contribution in [-0.2, 0) is 22.7 Å². The summed E-state index contributed by atoms with van der Waals surface area (Å²) in [6.07, 6.45) is 8.02. The molecule has 1 aromatic carbocycles. The van der Waals surface area contributed by atoms with Gasteiger partial charge in [0.15, 0.2) is 0 Å². The van der Waals surface area contributed by atoms with Crippen molar-refractivity contribution in [1.82, 2.24) is 25.1 Å². The molecule has 0 bridgehead atoms. The standard InChI is InChI=1S/C23H25N5O3/c29-21-4-3-20(22(30)26-21)28-13-17-11-16(1-2-19(17)23(28)31)15-5-9-27(10-6-15)14-18-12-24-7-8-25-18/h1-2,7-8,11-12,15,20H,3-6,9-10,13-14H2,(H,26,29,30). The smallest absolute Gasteiger partial charge is 0.255 e. The summed E-state index contributed by atoms with van der Waals surface area (Å²) < 4.78 is 0. The average Bonchev–Trinajstić information content (AvgIpc) is 3.10. The van der Waals surface area contributed by atoms with Gasteiger partial charge in [0, 0.05) is 43.7 Å². The highest BCUT2D eigenvalue weighted by Gasteiger charge is 2.39. The lowest BCUT2D eigenvalue weighted by atomic mass is 9.88. The molecule has 0 saturated carbocycles. The Hall–Kier alpha value is -3.13. The molecule has 1 aromatic heterocycles. The molecule has 0 spiro atoms. The van der Waals surface area contributed by atoms with E-state index in [4.69, 9.17) is 0 Å². The molecule has 4 heterocycles. The number of benzene rings is 1. The quantitative estimate of drug-likeness (QED) is 0.757. The van der Waals surface area contributed by atoms with Crippen LogP contribution in [0.3, 0.4) is 0 Å². The van der Waals surface area contributed by atoms with Crippen molar-refractivity contribution < 1.29 is 14.4 Å². The maximum absolute atomic E-state index is 12.9. The fourth-order valence-electron chi connectivity index (χ4n) is 4.91. The summed E-state index contributed by atoms with van der Waals surface area (Å²) in [5.74, 6) is -0.288. The minimum absolute atomic E-state index is 0.116. The third kappa shape index (κ3) is 3.95. The number of aromatic nitrogens is 2. The van der Waals surface area contributed by atoms with Crippen molar-refractivity contribution in [2.24, 2.45) is 0 Å². The molecule has 3 amide bonds. The lowest BCUT2D eigenvalue weighted by molar-refractivity contribution is -0.136. The molecule has 3 aliphatic heterocycles. The second-order valence-electron chi connectivity index (χ2n) is 8.56. The number of hydrogen-bond acceptors (Lipinski definition) is 6. The lowest BCUT2D eigenvalue weighted by Gasteiger charge is -2.32. The molecule has 5 rings (SSSR count). The molecule has 3 aliphatic rings. The van der Waals surface area contributed by atoms with Gasteiger partial charge >= 0.3 is 0 Å². The number of rotatable bonds is 4. The fourth-order valence-corrected chi connectivity index (χ4v) is 4.91. The van der Waals surface area contributed by atoms with Gasteiger partial charge in [-0.3, -0.25) is 34.6 Å². The summed E-state index contributed by atoms with van der Waals surface area (Å²) in [5, 5.41) is 2.35. The molecule has 0 radical (unpaired) electrons. The Bertz CT molecular complexity index is 1020. The highest BCUT2D eigenvalue weighted by atomic mass is 16.2. The van der Waals surface area contributed by atoms with Crippen LogP contribution in [0.4, 0.5) is 0 Å². The van der Waals surface area contributed by atoms with Crippen molar-refractivity contribution >= 4 is 17.7 Å². The van der Waals surface area contributed by atoms with Gasteiger partial charge in [0.05, 0.1) is 5.69 Å². The number of likely N-dealkylation sites (tertiary alicyclic amines) is 1. The van der Waals surface area contributed by atoms with Gasteiger partial charge in [-0.2, -0.15) is 0 Å². The first-order valence-corrected chi connectivity index (χ1v) is 10.8. The minimum atomic E-state index is -0.564. The number of imide groups is 1. The molecule has 0 aliphatic carbocycles. The second-order valence-corrected chi connectivity index (χ2v) is 8.56. The van der Waals surface area contributed by atoms with Crippen LogP contribution in [0.5, 0.6) is 0 Å². The van der Waals surface area contributed by atoms with E-state index >= 15 is 0 Å². The maximum atomic E-state index is 12.9. The molecule has 1 N–H and O–H groups in total. The predicted octanol–water partition coefficient (Wildman–Crippen LogP) is 1.62. The summed E-state index contributed by atoms with van der Waals surface area (Å²) in [5.41, 5.74) is 3.91. The average molecular weight is 419 g/mol. The van der Waals surface area contributed by atoms with Crippen LogP contribution in [-0.4, -0.2) is 56.6 Å². The van der Waals surface area contributed by atoms with Gasteiger partial charge in [-0.25, -0.2) is 0 Å². The Labute approximate surface area is 180 Å². The van der Waals surface area contributed by atoms with Crippen molar-refractivity contribution in [3.8, 4) is 0 Å². The number of nitrogens with one attached hydrogen (secondary N) is 1. The zero-order valence-electron chi connectivity index (χ0n) is 17.3. The van der Waals surface area contributed by atoms with E-state index in [0.29, 0.717) is 24.4 Å². The van der Waals surface area contributed by atoms with Crippen LogP contribution in [0.25, 0.3) is 0 Å². The van der Waals surface area contributed by atoms with Crippen molar-refractivity contribution in [3.63, 3.8) is 0 Å². The molecular formula is C23H25N5O3. The summed E-state index contributed by atoms with van der Waals surface area (Å²) in [6, 6.07) is 5.55. The number of carbonyl (C=O) groups excluding carboxylic acids is 3. The molecule has 1 unspecified atom stereocenters. The van der Waals surface area contributed by atoms with Crippen LogP contribution >= 0.6 is 0 Å². The van der Waals surface area contributed by atoms with Crippen LogP contribution in [0.1, 0.15) is 58.8 Å². The first-order valence-electron chi connectivity index (χ1n) is 10.8. The Kier molecular flexibility index (Phi) is 5.23. The summed E-state index contributed by atoms with van der Waals surface area (Å²) in [4.78, 5) is 49.0. The van der Waals surface area contributed by atoms with Crippen molar-refractivity contribution in [3.05, 3.63) is 59.2 Å². The van der Waals surface area contributed by atoms with Crippen LogP contribution in [0.2, 0.25) is 0 Å². The zero-order chi connectivity index (χ0) is 21.4. The molecule has 8 nitrogen and oxygen atoms in total. The SMILES string of the molecule is O=C1CCC(N2Cc3cc(C4CCN(Cc5cnccn5)CC4)ccc3C2=O)C(=O)N1. The van der Waals surface area contributed by atoms with E-state index in [2.05, 4.69) is 32.3 Å². The molecule has 1 atom stereocenters. The molecule has 2 saturated heterocycles. The number of carbonyl (C=O) groups is 3. The van der Waals surface area contributed by atoms with Gasteiger partial charge in [0.25, 0.3) is 5.91 Å². The zero-order valence-corrected chi connectivity index (χ0v) is 17.3. The molecule has 31 heavy (non-hydrogen) atoms. The van der Waals surface area contributed by atoms with Crippen molar-refractivity contribution in [1.29, 1.82) is 0 Å². The Morgan fingerprint density at radius 2 is 1.90 bits per heavy atom. The summed E-state index contributed by atoms with van der Waals surface area (Å²) >= 11 is 0. The summed E-state index contributed by atoms with van der Waals surface area (Å²) in [7, 11) is 0. The fraction of sp³-hybridized carbons (Fsp3) is 0.435. The molecule has 8 heteroatoms. The van der Waals surface area contributed by atoms with E-state index < -0.39 is 6.04 Å². The molecule has 2 aromatic rings. The number of fused-ring (bicyclic) bond motifs is 1. The number of piperidine rings is 2. The molecule has 2 fully saturated rings. The monoisotopic (exact) mass is 419 g/mol. The van der Waals surface area contributed by atoms with Crippen LogP contribution in [0, 0.1) is 0 Å². The van der Waals surface area contributed by atoms with Gasteiger partial charge in [-0.1, -0.05) is 12.1 Å².